The number of likely N-dealkylation sites (N-methyl/N-ethyl adjacent to an activating group) is 1. The summed E-state index contributed by atoms with van der Waals surface area (Å²) in [4.78, 5) is 24.2. The first kappa shape index (κ1) is 15.9. The fourth-order valence-electron chi connectivity index (χ4n) is 2.47. The Balaban J connectivity index is 1.70. The number of ether oxygens (including phenoxy) is 1. The zero-order valence-corrected chi connectivity index (χ0v) is 12.8. The molecule has 124 valence electrons. The number of hydrogen-bond donors (Lipinski definition) is 1. The molecule has 0 aromatic heterocycles. The van der Waals surface area contributed by atoms with Gasteiger partial charge in [-0.1, -0.05) is 30.3 Å². The third-order valence-corrected chi connectivity index (χ3v) is 3.73. The van der Waals surface area contributed by atoms with Gasteiger partial charge in [0.25, 0.3) is 0 Å². The highest BCUT2D eigenvalue weighted by Crippen LogP contribution is 2.44. The van der Waals surface area contributed by atoms with Gasteiger partial charge in [0.2, 0.25) is 0 Å². The van der Waals surface area contributed by atoms with Gasteiger partial charge in [-0.15, -0.1) is 0 Å². The van der Waals surface area contributed by atoms with E-state index >= 15 is 0 Å². The van der Waals surface area contributed by atoms with Crippen molar-refractivity contribution >= 4 is 23.4 Å². The molecule has 5 nitrogen and oxygen atoms in total. The summed E-state index contributed by atoms with van der Waals surface area (Å²) < 4.78 is 32.9. The first-order valence-corrected chi connectivity index (χ1v) is 7.18. The Hall–Kier alpha value is -2.96. The van der Waals surface area contributed by atoms with E-state index in [-0.39, 0.29) is 18.0 Å². The Morgan fingerprint density at radius 2 is 1.92 bits per heavy atom. The monoisotopic (exact) mass is 332 g/mol. The highest BCUT2D eigenvalue weighted by atomic mass is 19.3. The summed E-state index contributed by atoms with van der Waals surface area (Å²) in [5, 5.41) is 2.39. The minimum Gasteiger partial charge on any atom is -0.444 e. The molecule has 2 aromatic carbocycles. The van der Waals surface area contributed by atoms with Gasteiger partial charge < -0.3 is 9.64 Å². The van der Waals surface area contributed by atoms with Crippen LogP contribution in [0.2, 0.25) is 0 Å². The smallest absolute Gasteiger partial charge is 0.411 e. The van der Waals surface area contributed by atoms with Crippen LogP contribution in [0.3, 0.4) is 0 Å². The number of hydrogen-bond acceptors (Lipinski definition) is 3. The number of fused-ring (bicyclic) bond motifs is 1. The topological polar surface area (TPSA) is 58.6 Å². The van der Waals surface area contributed by atoms with Crippen LogP contribution in [0.15, 0.2) is 48.5 Å². The van der Waals surface area contributed by atoms with Crippen LogP contribution in [0, 0.1) is 0 Å². The molecular weight excluding hydrogens is 318 g/mol. The van der Waals surface area contributed by atoms with Crippen molar-refractivity contribution in [3.63, 3.8) is 0 Å². The van der Waals surface area contributed by atoms with Gasteiger partial charge in [0.05, 0.1) is 11.3 Å². The van der Waals surface area contributed by atoms with Crippen molar-refractivity contribution in [2.24, 2.45) is 0 Å². The molecular formula is C17H14F2N2O3. The SMILES string of the molecule is CN1C(=O)C(F)(F)c2cc(NC(=O)OCc3ccccc3)ccc21. The van der Waals surface area contributed by atoms with Crippen LogP contribution >= 0.6 is 0 Å². The van der Waals surface area contributed by atoms with Crippen molar-refractivity contribution in [1.82, 2.24) is 0 Å². The zero-order valence-electron chi connectivity index (χ0n) is 12.8. The molecule has 2 aromatic rings. The van der Waals surface area contributed by atoms with E-state index in [1.165, 1.54) is 19.2 Å². The number of anilines is 2. The largest absolute Gasteiger partial charge is 0.444 e. The number of nitrogens with zero attached hydrogens (tertiary/aromatic N) is 1. The van der Waals surface area contributed by atoms with Gasteiger partial charge in [0.15, 0.2) is 0 Å². The third kappa shape index (κ3) is 2.80. The molecule has 0 saturated heterocycles. The molecule has 0 atom stereocenters. The van der Waals surface area contributed by atoms with Crippen LogP contribution < -0.4 is 10.2 Å². The number of carbonyl (C=O) groups excluding carboxylic acids is 2. The van der Waals surface area contributed by atoms with Crippen molar-refractivity contribution in [2.45, 2.75) is 12.5 Å². The normalized spacial score (nSPS) is 15.1. The molecule has 0 aliphatic carbocycles. The minimum atomic E-state index is -3.60. The summed E-state index contributed by atoms with van der Waals surface area (Å²) in [7, 11) is 1.28. The van der Waals surface area contributed by atoms with Crippen LogP contribution in [-0.2, 0) is 22.1 Å². The predicted octanol–water partition coefficient (Wildman–Crippen LogP) is 3.50. The van der Waals surface area contributed by atoms with Crippen molar-refractivity contribution in [1.29, 1.82) is 0 Å². The number of halogens is 2. The average Bonchev–Trinajstić information content (AvgIpc) is 2.75. The molecule has 0 spiro atoms. The van der Waals surface area contributed by atoms with Gasteiger partial charge in [-0.25, -0.2) is 4.79 Å². The lowest BCUT2D eigenvalue weighted by molar-refractivity contribution is -0.141. The molecule has 24 heavy (non-hydrogen) atoms. The quantitative estimate of drug-likeness (QED) is 0.936. The molecule has 0 unspecified atom stereocenters. The van der Waals surface area contributed by atoms with Crippen molar-refractivity contribution < 1.29 is 23.1 Å². The molecule has 1 aliphatic rings. The second-order valence-corrected chi connectivity index (χ2v) is 5.36. The molecule has 0 bridgehead atoms. The second kappa shape index (κ2) is 5.92. The van der Waals surface area contributed by atoms with Crippen LogP contribution in [-0.4, -0.2) is 19.0 Å². The molecule has 1 N–H and O–H groups in total. The summed E-state index contributed by atoms with van der Waals surface area (Å²) in [6.45, 7) is 0.0645. The minimum absolute atomic E-state index is 0.0645. The Morgan fingerprint density at radius 3 is 2.62 bits per heavy atom. The Kier molecular flexibility index (Phi) is 3.92. The Morgan fingerprint density at radius 1 is 1.21 bits per heavy atom. The number of benzene rings is 2. The number of nitrogens with one attached hydrogen (secondary N) is 1. The van der Waals surface area contributed by atoms with E-state index in [0.717, 1.165) is 16.5 Å². The van der Waals surface area contributed by atoms with Crippen LogP contribution in [0.25, 0.3) is 0 Å². The molecule has 0 radical (unpaired) electrons. The summed E-state index contributed by atoms with van der Waals surface area (Å²) in [5.74, 6) is -4.89. The molecule has 3 rings (SSSR count). The first-order chi connectivity index (χ1) is 11.4. The number of amides is 2. The molecule has 0 saturated carbocycles. The van der Waals surface area contributed by atoms with Crippen LogP contribution in [0.5, 0.6) is 0 Å². The third-order valence-electron chi connectivity index (χ3n) is 3.73. The number of rotatable bonds is 3. The summed E-state index contributed by atoms with van der Waals surface area (Å²) in [6.07, 6.45) is -0.764. The maximum Gasteiger partial charge on any atom is 0.411 e. The van der Waals surface area contributed by atoms with E-state index < -0.39 is 23.5 Å². The molecule has 2 amide bonds. The molecule has 1 heterocycles. The lowest BCUT2D eigenvalue weighted by Crippen LogP contribution is -2.31. The maximum absolute atomic E-state index is 13.9. The van der Waals surface area contributed by atoms with E-state index in [9.17, 15) is 18.4 Å². The number of carbonyl (C=O) groups is 2. The van der Waals surface area contributed by atoms with Crippen molar-refractivity contribution in [3.05, 3.63) is 59.7 Å². The highest BCUT2D eigenvalue weighted by Gasteiger charge is 2.51. The van der Waals surface area contributed by atoms with Crippen molar-refractivity contribution in [2.75, 3.05) is 17.3 Å². The Labute approximate surface area is 136 Å². The predicted molar refractivity (Wildman–Crippen MR) is 84.0 cm³/mol. The average molecular weight is 332 g/mol. The van der Waals surface area contributed by atoms with E-state index in [0.29, 0.717) is 0 Å². The fraction of sp³-hybridized carbons (Fsp3) is 0.176. The molecule has 7 heteroatoms. The summed E-state index contributed by atoms with van der Waals surface area (Å²) in [6, 6.07) is 12.9. The van der Waals surface area contributed by atoms with E-state index in [2.05, 4.69) is 5.32 Å². The van der Waals surface area contributed by atoms with E-state index in [1.54, 1.807) is 12.1 Å². The van der Waals surface area contributed by atoms with Gasteiger partial charge in [-0.05, 0) is 23.8 Å². The Bertz CT molecular complexity index is 794. The molecule has 1 aliphatic heterocycles. The van der Waals surface area contributed by atoms with Gasteiger partial charge in [-0.2, -0.15) is 8.78 Å². The second-order valence-electron chi connectivity index (χ2n) is 5.36. The zero-order chi connectivity index (χ0) is 17.3. The van der Waals surface area contributed by atoms with Gasteiger partial charge >= 0.3 is 17.9 Å². The molecule has 0 fully saturated rings. The maximum atomic E-state index is 13.9. The van der Waals surface area contributed by atoms with Crippen LogP contribution in [0.1, 0.15) is 11.1 Å². The van der Waals surface area contributed by atoms with Gasteiger partial charge in [-0.3, -0.25) is 10.1 Å². The van der Waals surface area contributed by atoms with Crippen molar-refractivity contribution in [3.8, 4) is 0 Å². The van der Waals surface area contributed by atoms with Gasteiger partial charge in [0.1, 0.15) is 6.61 Å². The lowest BCUT2D eigenvalue weighted by atomic mass is 10.1. The van der Waals surface area contributed by atoms with Gasteiger partial charge in [0, 0.05) is 12.7 Å². The summed E-state index contributed by atoms with van der Waals surface area (Å²) in [5.41, 5.74) is 0.624. The standard InChI is InChI=1S/C17H14F2N2O3/c1-21-14-8-7-12(9-13(14)17(18,19)15(21)22)20-16(23)24-10-11-5-3-2-4-6-11/h2-9H,10H2,1H3,(H,20,23). The highest BCUT2D eigenvalue weighted by molar-refractivity contribution is 6.06. The lowest BCUT2D eigenvalue weighted by Gasteiger charge is -2.10. The van der Waals surface area contributed by atoms with Crippen LogP contribution in [0.4, 0.5) is 25.0 Å². The van der Waals surface area contributed by atoms with E-state index in [4.69, 9.17) is 4.74 Å². The first-order valence-electron chi connectivity index (χ1n) is 7.18. The van der Waals surface area contributed by atoms with E-state index in [1.807, 2.05) is 18.2 Å². The summed E-state index contributed by atoms with van der Waals surface area (Å²) >= 11 is 0. The number of alkyl halides is 2. The fourth-order valence-corrected chi connectivity index (χ4v) is 2.47.